The number of aryl methyl sites for hydroxylation is 3. The third kappa shape index (κ3) is 4.19. The van der Waals surface area contributed by atoms with E-state index < -0.39 is 0 Å². The number of nitrogens with one attached hydrogen (secondary N) is 1. The van der Waals surface area contributed by atoms with Gasteiger partial charge in [0.05, 0.1) is 11.0 Å². The Labute approximate surface area is 177 Å². The fourth-order valence-electron chi connectivity index (χ4n) is 4.40. The third-order valence-electron chi connectivity index (χ3n) is 6.28. The van der Waals surface area contributed by atoms with Crippen molar-refractivity contribution in [1.29, 1.82) is 0 Å². The second kappa shape index (κ2) is 8.48. The summed E-state index contributed by atoms with van der Waals surface area (Å²) in [5.41, 5.74) is 4.80. The van der Waals surface area contributed by atoms with Gasteiger partial charge < -0.3 is 5.32 Å². The highest BCUT2D eigenvalue weighted by atomic mass is 16.2. The van der Waals surface area contributed by atoms with Gasteiger partial charge in [0.2, 0.25) is 0 Å². The van der Waals surface area contributed by atoms with Gasteiger partial charge in [0.25, 0.3) is 5.91 Å². The molecule has 0 unspecified atom stereocenters. The maximum atomic E-state index is 12.7. The van der Waals surface area contributed by atoms with Crippen LogP contribution < -0.4 is 11.0 Å². The largest absolute Gasteiger partial charge is 0.352 e. The maximum Gasteiger partial charge on any atom is 0.328 e. The van der Waals surface area contributed by atoms with Gasteiger partial charge in [0.15, 0.2) is 0 Å². The number of hydrogen-bond acceptors (Lipinski definition) is 3. The van der Waals surface area contributed by atoms with E-state index in [9.17, 15) is 9.59 Å². The number of likely N-dealkylation sites (tertiary alicyclic amines) is 1. The van der Waals surface area contributed by atoms with Crippen LogP contribution in [-0.2, 0) is 20.6 Å². The Morgan fingerprint density at radius 2 is 1.77 bits per heavy atom. The first-order chi connectivity index (χ1) is 14.4. The number of nitrogens with zero attached hydrogens (tertiary/aromatic N) is 3. The topological polar surface area (TPSA) is 59.3 Å². The van der Waals surface area contributed by atoms with Crippen molar-refractivity contribution in [2.45, 2.75) is 26.3 Å². The lowest BCUT2D eigenvalue weighted by Gasteiger charge is -2.32. The number of amides is 1. The number of imidazole rings is 1. The highest BCUT2D eigenvalue weighted by Crippen LogP contribution is 2.19. The van der Waals surface area contributed by atoms with Gasteiger partial charge in [-0.15, -0.1) is 0 Å². The zero-order valence-corrected chi connectivity index (χ0v) is 18.0. The molecule has 1 aromatic heterocycles. The summed E-state index contributed by atoms with van der Waals surface area (Å²) >= 11 is 0. The van der Waals surface area contributed by atoms with Gasteiger partial charge in [0, 0.05) is 32.7 Å². The molecule has 1 aliphatic rings. The molecule has 1 fully saturated rings. The van der Waals surface area contributed by atoms with Crippen molar-refractivity contribution in [2.24, 2.45) is 20.0 Å². The smallest absolute Gasteiger partial charge is 0.328 e. The molecule has 0 radical (unpaired) electrons. The number of fused-ring (bicyclic) bond motifs is 1. The summed E-state index contributed by atoms with van der Waals surface area (Å²) in [6.07, 6.45) is 2.19. The van der Waals surface area contributed by atoms with Crippen LogP contribution in [0.1, 0.15) is 34.3 Å². The first-order valence-corrected chi connectivity index (χ1v) is 10.6. The van der Waals surface area contributed by atoms with Crippen LogP contribution in [0.25, 0.3) is 11.0 Å². The molecule has 2 heterocycles. The molecule has 6 heteroatoms. The Bertz CT molecular complexity index is 1120. The molecule has 0 saturated carbocycles. The molecular formula is C24H30N4O2. The molecule has 0 bridgehead atoms. The first kappa shape index (κ1) is 20.4. The number of aromatic nitrogens is 2. The zero-order valence-electron chi connectivity index (χ0n) is 18.0. The summed E-state index contributed by atoms with van der Waals surface area (Å²) in [6, 6.07) is 14.1. The van der Waals surface area contributed by atoms with Crippen LogP contribution >= 0.6 is 0 Å². The van der Waals surface area contributed by atoms with Gasteiger partial charge in [-0.2, -0.15) is 0 Å². The molecular weight excluding hydrogens is 376 g/mol. The molecule has 30 heavy (non-hydrogen) atoms. The maximum absolute atomic E-state index is 12.7. The van der Waals surface area contributed by atoms with Crippen molar-refractivity contribution in [3.05, 3.63) is 69.6 Å². The molecule has 1 N–H and O–H groups in total. The molecule has 4 rings (SSSR count). The van der Waals surface area contributed by atoms with Crippen LogP contribution in [0.3, 0.4) is 0 Å². The number of carbonyl (C=O) groups is 1. The molecule has 0 aliphatic carbocycles. The minimum atomic E-state index is -0.0834. The number of carbonyl (C=O) groups excluding carboxylic acids is 1. The lowest BCUT2D eigenvalue weighted by atomic mass is 9.96. The third-order valence-corrected chi connectivity index (χ3v) is 6.28. The minimum Gasteiger partial charge on any atom is -0.352 e. The molecule has 1 amide bonds. The second-order valence-electron chi connectivity index (χ2n) is 8.52. The monoisotopic (exact) mass is 406 g/mol. The average Bonchev–Trinajstić information content (AvgIpc) is 2.97. The molecule has 1 aliphatic heterocycles. The first-order valence-electron chi connectivity index (χ1n) is 10.6. The van der Waals surface area contributed by atoms with E-state index in [4.69, 9.17) is 0 Å². The highest BCUT2D eigenvalue weighted by Gasteiger charge is 2.20. The number of hydrogen-bond donors (Lipinski definition) is 1. The lowest BCUT2D eigenvalue weighted by molar-refractivity contribution is 0.0935. The van der Waals surface area contributed by atoms with Crippen molar-refractivity contribution in [1.82, 2.24) is 19.4 Å². The van der Waals surface area contributed by atoms with Gasteiger partial charge >= 0.3 is 5.69 Å². The number of rotatable bonds is 5. The number of piperidine rings is 1. The predicted octanol–water partition coefficient (Wildman–Crippen LogP) is 2.83. The Kier molecular flexibility index (Phi) is 5.77. The van der Waals surface area contributed by atoms with E-state index in [0.29, 0.717) is 18.0 Å². The normalized spacial score (nSPS) is 15.6. The van der Waals surface area contributed by atoms with E-state index in [2.05, 4.69) is 41.4 Å². The molecule has 2 aromatic carbocycles. The Morgan fingerprint density at radius 1 is 1.03 bits per heavy atom. The van der Waals surface area contributed by atoms with Crippen LogP contribution in [0, 0.1) is 12.8 Å². The molecule has 1 saturated heterocycles. The summed E-state index contributed by atoms with van der Waals surface area (Å²) < 4.78 is 3.18. The standard InChI is InChI=1S/C24H30N4O2/c1-17-5-4-6-19(13-17)16-28-11-9-18(10-12-28)15-25-23(29)20-7-8-21-22(14-20)27(3)24(30)26(21)2/h4-8,13-14,18H,9-12,15-16H2,1-3H3,(H,25,29). The summed E-state index contributed by atoms with van der Waals surface area (Å²) in [5.74, 6) is 0.433. The fraction of sp³-hybridized carbons (Fsp3) is 0.417. The van der Waals surface area contributed by atoms with E-state index in [1.165, 1.54) is 11.1 Å². The van der Waals surface area contributed by atoms with E-state index in [0.717, 1.165) is 43.5 Å². The van der Waals surface area contributed by atoms with Crippen molar-refractivity contribution in [3.63, 3.8) is 0 Å². The molecule has 0 spiro atoms. The van der Waals surface area contributed by atoms with Crippen molar-refractivity contribution in [2.75, 3.05) is 19.6 Å². The zero-order chi connectivity index (χ0) is 21.3. The van der Waals surface area contributed by atoms with Gasteiger partial charge in [-0.25, -0.2) is 4.79 Å². The van der Waals surface area contributed by atoms with E-state index in [1.807, 2.05) is 6.07 Å². The van der Waals surface area contributed by atoms with Gasteiger partial charge in [0.1, 0.15) is 0 Å². The SMILES string of the molecule is Cc1cccc(CN2CCC(CNC(=O)c3ccc4c(c3)n(C)c(=O)n4C)CC2)c1. The van der Waals surface area contributed by atoms with E-state index >= 15 is 0 Å². The Hall–Kier alpha value is -2.86. The van der Waals surface area contributed by atoms with Crippen molar-refractivity contribution < 1.29 is 4.79 Å². The summed E-state index contributed by atoms with van der Waals surface area (Å²) in [4.78, 5) is 27.2. The van der Waals surface area contributed by atoms with Crippen LogP contribution in [0.4, 0.5) is 0 Å². The van der Waals surface area contributed by atoms with Crippen LogP contribution in [0.5, 0.6) is 0 Å². The van der Waals surface area contributed by atoms with Crippen LogP contribution in [0.2, 0.25) is 0 Å². The van der Waals surface area contributed by atoms with E-state index in [-0.39, 0.29) is 11.6 Å². The van der Waals surface area contributed by atoms with Gasteiger partial charge in [-0.05, 0) is 62.5 Å². The highest BCUT2D eigenvalue weighted by molar-refractivity contribution is 5.97. The lowest BCUT2D eigenvalue weighted by Crippen LogP contribution is -2.38. The van der Waals surface area contributed by atoms with E-state index in [1.54, 1.807) is 35.4 Å². The number of benzene rings is 2. The summed E-state index contributed by atoms with van der Waals surface area (Å²) in [7, 11) is 3.48. The Morgan fingerprint density at radius 3 is 2.50 bits per heavy atom. The molecule has 158 valence electrons. The average molecular weight is 407 g/mol. The van der Waals surface area contributed by atoms with Crippen LogP contribution in [0.15, 0.2) is 47.3 Å². The molecule has 0 atom stereocenters. The van der Waals surface area contributed by atoms with Crippen molar-refractivity contribution >= 4 is 16.9 Å². The second-order valence-corrected chi connectivity index (χ2v) is 8.52. The van der Waals surface area contributed by atoms with Crippen molar-refractivity contribution in [3.8, 4) is 0 Å². The molecule has 3 aromatic rings. The fourth-order valence-corrected chi connectivity index (χ4v) is 4.40. The molecule has 6 nitrogen and oxygen atoms in total. The predicted molar refractivity (Wildman–Crippen MR) is 120 cm³/mol. The summed E-state index contributed by atoms with van der Waals surface area (Å²) in [6.45, 7) is 5.95. The summed E-state index contributed by atoms with van der Waals surface area (Å²) in [5, 5.41) is 3.09. The van der Waals surface area contributed by atoms with Gasteiger partial charge in [-0.1, -0.05) is 29.8 Å². The minimum absolute atomic E-state index is 0.0737. The quantitative estimate of drug-likeness (QED) is 0.709. The Balaban J connectivity index is 1.30. The van der Waals surface area contributed by atoms with Gasteiger partial charge in [-0.3, -0.25) is 18.8 Å². The van der Waals surface area contributed by atoms with Crippen LogP contribution in [-0.4, -0.2) is 39.6 Å².